The van der Waals surface area contributed by atoms with E-state index in [2.05, 4.69) is 15.2 Å². The normalized spacial score (nSPS) is 25.3. The minimum absolute atomic E-state index is 0.0287. The number of likely N-dealkylation sites (N-methyl/N-ethyl adjacent to an activating group) is 1. The first kappa shape index (κ1) is 15.4. The summed E-state index contributed by atoms with van der Waals surface area (Å²) in [4.78, 5) is 22.7. The molecule has 126 valence electrons. The van der Waals surface area contributed by atoms with Crippen molar-refractivity contribution in [1.82, 2.24) is 25.0 Å². The highest BCUT2D eigenvalue weighted by molar-refractivity contribution is 6.30. The molecule has 2 saturated heterocycles. The van der Waals surface area contributed by atoms with Crippen molar-refractivity contribution in [2.45, 2.75) is 37.3 Å². The standard InChI is InChI=1S/C15H18ClN7O/c1-21-14(24)23(9-15(21)4-5-15)10-3-2-6-22(8-10)13-18-12(16)11(7-17)19-20-13/h10H,2-6,8-9H2,1H3. The van der Waals surface area contributed by atoms with E-state index in [0.717, 1.165) is 38.8 Å². The fraction of sp³-hybridized carbons (Fsp3) is 0.667. The molecule has 9 heteroatoms. The second-order valence-corrected chi connectivity index (χ2v) is 7.16. The van der Waals surface area contributed by atoms with Crippen LogP contribution < -0.4 is 4.90 Å². The maximum atomic E-state index is 12.6. The Morgan fingerprint density at radius 3 is 2.79 bits per heavy atom. The smallest absolute Gasteiger partial charge is 0.320 e. The molecule has 1 aromatic heterocycles. The Kier molecular flexibility index (Phi) is 3.49. The molecule has 2 amide bonds. The van der Waals surface area contributed by atoms with E-state index in [1.54, 1.807) is 0 Å². The summed E-state index contributed by atoms with van der Waals surface area (Å²) >= 11 is 5.97. The van der Waals surface area contributed by atoms with E-state index in [1.807, 2.05) is 27.8 Å². The Morgan fingerprint density at radius 1 is 1.38 bits per heavy atom. The van der Waals surface area contributed by atoms with Crippen LogP contribution in [0.25, 0.3) is 0 Å². The van der Waals surface area contributed by atoms with Gasteiger partial charge >= 0.3 is 6.03 Å². The molecule has 0 bridgehead atoms. The van der Waals surface area contributed by atoms with E-state index in [9.17, 15) is 4.79 Å². The summed E-state index contributed by atoms with van der Waals surface area (Å²) < 4.78 is 0. The van der Waals surface area contributed by atoms with Crippen LogP contribution in [-0.2, 0) is 0 Å². The minimum atomic E-state index is 0.0287. The number of carbonyl (C=O) groups excluding carboxylic acids is 1. The Bertz CT molecular complexity index is 729. The van der Waals surface area contributed by atoms with Gasteiger partial charge in [0.2, 0.25) is 5.95 Å². The third-order valence-corrected chi connectivity index (χ3v) is 5.66. The summed E-state index contributed by atoms with van der Waals surface area (Å²) in [6.07, 6.45) is 4.12. The number of amides is 2. The van der Waals surface area contributed by atoms with E-state index in [-0.39, 0.29) is 28.5 Å². The molecule has 4 rings (SSSR count). The van der Waals surface area contributed by atoms with E-state index < -0.39 is 0 Å². The van der Waals surface area contributed by atoms with Gasteiger partial charge in [0.25, 0.3) is 0 Å². The van der Waals surface area contributed by atoms with Crippen LogP contribution in [0.3, 0.4) is 0 Å². The first-order valence-electron chi connectivity index (χ1n) is 8.14. The maximum Gasteiger partial charge on any atom is 0.320 e. The number of rotatable bonds is 2. The highest BCUT2D eigenvalue weighted by Gasteiger charge is 2.57. The van der Waals surface area contributed by atoms with Crippen LogP contribution in [0.2, 0.25) is 5.15 Å². The van der Waals surface area contributed by atoms with Gasteiger partial charge in [-0.2, -0.15) is 10.2 Å². The van der Waals surface area contributed by atoms with Crippen molar-refractivity contribution in [3.05, 3.63) is 10.8 Å². The van der Waals surface area contributed by atoms with Crippen molar-refractivity contribution in [3.63, 3.8) is 0 Å². The van der Waals surface area contributed by atoms with Crippen LogP contribution >= 0.6 is 11.6 Å². The van der Waals surface area contributed by atoms with E-state index in [4.69, 9.17) is 16.9 Å². The number of urea groups is 1. The largest absolute Gasteiger partial charge is 0.337 e. The third kappa shape index (κ3) is 2.35. The summed E-state index contributed by atoms with van der Waals surface area (Å²) in [7, 11) is 1.91. The molecule has 3 aliphatic rings. The molecule has 1 atom stereocenters. The van der Waals surface area contributed by atoms with Gasteiger partial charge in [-0.05, 0) is 25.7 Å². The van der Waals surface area contributed by atoms with Crippen LogP contribution in [0.15, 0.2) is 0 Å². The number of aromatic nitrogens is 3. The van der Waals surface area contributed by atoms with Gasteiger partial charge in [-0.3, -0.25) is 0 Å². The molecule has 8 nitrogen and oxygen atoms in total. The lowest BCUT2D eigenvalue weighted by Crippen LogP contribution is -2.49. The molecule has 1 aromatic rings. The molecule has 1 unspecified atom stereocenters. The summed E-state index contributed by atoms with van der Waals surface area (Å²) in [5.74, 6) is 0.421. The Hall–Kier alpha value is -2.14. The predicted octanol–water partition coefficient (Wildman–Crippen LogP) is 1.27. The monoisotopic (exact) mass is 347 g/mol. The van der Waals surface area contributed by atoms with Crippen LogP contribution in [0.4, 0.5) is 10.7 Å². The second-order valence-electron chi connectivity index (χ2n) is 6.80. The lowest BCUT2D eigenvalue weighted by molar-refractivity contribution is 0.174. The first-order valence-corrected chi connectivity index (χ1v) is 8.51. The molecule has 3 fully saturated rings. The molecule has 2 aliphatic heterocycles. The Labute approximate surface area is 145 Å². The second kappa shape index (κ2) is 5.45. The number of nitriles is 1. The number of hydrogen-bond acceptors (Lipinski definition) is 6. The van der Waals surface area contributed by atoms with Crippen LogP contribution in [0.5, 0.6) is 0 Å². The van der Waals surface area contributed by atoms with Gasteiger partial charge in [0.1, 0.15) is 6.07 Å². The Balaban J connectivity index is 1.51. The predicted molar refractivity (Wildman–Crippen MR) is 86.6 cm³/mol. The topological polar surface area (TPSA) is 89.3 Å². The van der Waals surface area contributed by atoms with Gasteiger partial charge in [0.05, 0.1) is 11.6 Å². The molecule has 0 radical (unpaired) electrons. The molecule has 1 saturated carbocycles. The van der Waals surface area contributed by atoms with Gasteiger partial charge in [0.15, 0.2) is 10.8 Å². The zero-order valence-corrected chi connectivity index (χ0v) is 14.2. The lowest BCUT2D eigenvalue weighted by Gasteiger charge is -2.37. The highest BCUT2D eigenvalue weighted by Crippen LogP contribution is 2.46. The van der Waals surface area contributed by atoms with Gasteiger partial charge in [-0.15, -0.1) is 10.2 Å². The van der Waals surface area contributed by atoms with E-state index in [1.165, 1.54) is 0 Å². The van der Waals surface area contributed by atoms with Gasteiger partial charge in [0, 0.05) is 26.7 Å². The van der Waals surface area contributed by atoms with Crippen molar-refractivity contribution in [2.75, 3.05) is 31.6 Å². The number of nitrogens with zero attached hydrogens (tertiary/aromatic N) is 7. The molecule has 0 N–H and O–H groups in total. The number of anilines is 1. The zero-order chi connectivity index (χ0) is 16.9. The number of halogens is 1. The zero-order valence-electron chi connectivity index (χ0n) is 13.4. The lowest BCUT2D eigenvalue weighted by atomic mass is 10.0. The molecule has 3 heterocycles. The first-order chi connectivity index (χ1) is 11.5. The fourth-order valence-electron chi connectivity index (χ4n) is 3.70. The highest BCUT2D eigenvalue weighted by atomic mass is 35.5. The van der Waals surface area contributed by atoms with Crippen LogP contribution in [0.1, 0.15) is 31.4 Å². The number of carbonyl (C=O) groups is 1. The maximum absolute atomic E-state index is 12.6. The quantitative estimate of drug-likeness (QED) is 0.800. The minimum Gasteiger partial charge on any atom is -0.337 e. The Morgan fingerprint density at radius 2 is 2.17 bits per heavy atom. The summed E-state index contributed by atoms with van der Waals surface area (Å²) in [6.45, 7) is 2.27. The number of hydrogen-bond donors (Lipinski definition) is 0. The SMILES string of the molecule is CN1C(=O)N(C2CCCN(c3nnc(C#N)c(Cl)n3)C2)CC12CC2. The van der Waals surface area contributed by atoms with Gasteiger partial charge < -0.3 is 14.7 Å². The third-order valence-electron chi connectivity index (χ3n) is 5.40. The molecular formula is C15H18ClN7O. The number of piperidine rings is 1. The van der Waals surface area contributed by atoms with Crippen LogP contribution in [-0.4, -0.2) is 69.3 Å². The molecule has 24 heavy (non-hydrogen) atoms. The average Bonchev–Trinajstić information content (AvgIpc) is 3.34. The van der Waals surface area contributed by atoms with Crippen molar-refractivity contribution in [3.8, 4) is 6.07 Å². The van der Waals surface area contributed by atoms with Crippen LogP contribution in [0, 0.1) is 11.3 Å². The molecule has 1 spiro atoms. The summed E-state index contributed by atoms with van der Waals surface area (Å²) in [6, 6.07) is 2.13. The van der Waals surface area contributed by atoms with Crippen molar-refractivity contribution in [2.24, 2.45) is 0 Å². The van der Waals surface area contributed by atoms with Crippen molar-refractivity contribution in [1.29, 1.82) is 5.26 Å². The molecule has 1 aliphatic carbocycles. The molecular weight excluding hydrogens is 330 g/mol. The van der Waals surface area contributed by atoms with E-state index in [0.29, 0.717) is 12.5 Å². The summed E-state index contributed by atoms with van der Waals surface area (Å²) in [5.41, 5.74) is 0.107. The average molecular weight is 348 g/mol. The van der Waals surface area contributed by atoms with Crippen molar-refractivity contribution >= 4 is 23.6 Å². The fourth-order valence-corrected chi connectivity index (χ4v) is 3.86. The van der Waals surface area contributed by atoms with Gasteiger partial charge in [-0.25, -0.2) is 4.79 Å². The van der Waals surface area contributed by atoms with Crippen molar-refractivity contribution < 1.29 is 4.79 Å². The van der Waals surface area contributed by atoms with E-state index >= 15 is 0 Å². The molecule has 0 aromatic carbocycles. The summed E-state index contributed by atoms with van der Waals surface area (Å²) in [5, 5.41) is 16.8. The van der Waals surface area contributed by atoms with Gasteiger partial charge in [-0.1, -0.05) is 11.6 Å².